The summed E-state index contributed by atoms with van der Waals surface area (Å²) in [5.41, 5.74) is 1.72. The number of hydrogen-bond acceptors (Lipinski definition) is 5. The number of nitrogens with zero attached hydrogens (tertiary/aromatic N) is 2. The topological polar surface area (TPSA) is 64.8 Å². The first-order valence-electron chi connectivity index (χ1n) is 11.3. The SMILES string of the molecule is CC(C)(C)OC(=O)N1CC2CC(OCc3c(-c4c(Cl)cccc4Cl)noc3C3CC3)C1C2. The highest BCUT2D eigenvalue weighted by atomic mass is 35.5. The molecule has 3 aliphatic rings. The summed E-state index contributed by atoms with van der Waals surface area (Å²) in [7, 11) is 0. The molecule has 2 heterocycles. The predicted octanol–water partition coefficient (Wildman–Crippen LogP) is 6.44. The van der Waals surface area contributed by atoms with Crippen LogP contribution in [0.4, 0.5) is 4.79 Å². The van der Waals surface area contributed by atoms with Gasteiger partial charge in [-0.15, -0.1) is 0 Å². The summed E-state index contributed by atoms with van der Waals surface area (Å²) in [6, 6.07) is 5.44. The minimum atomic E-state index is -0.514. The largest absolute Gasteiger partial charge is 0.444 e. The quantitative estimate of drug-likeness (QED) is 0.494. The van der Waals surface area contributed by atoms with Crippen LogP contribution >= 0.6 is 23.2 Å². The zero-order valence-electron chi connectivity index (χ0n) is 18.6. The Bertz CT molecular complexity index is 1010. The molecule has 2 aliphatic carbocycles. The first-order chi connectivity index (χ1) is 15.2. The van der Waals surface area contributed by atoms with Gasteiger partial charge in [-0.25, -0.2) is 4.79 Å². The molecule has 3 unspecified atom stereocenters. The van der Waals surface area contributed by atoms with E-state index in [1.807, 2.05) is 31.7 Å². The van der Waals surface area contributed by atoms with Crippen molar-refractivity contribution in [3.05, 3.63) is 39.6 Å². The number of benzene rings is 1. The van der Waals surface area contributed by atoms with Crippen LogP contribution in [0.2, 0.25) is 10.0 Å². The second-order valence-electron chi connectivity index (χ2n) is 10.1. The monoisotopic (exact) mass is 478 g/mol. The van der Waals surface area contributed by atoms with Crippen LogP contribution in [0.5, 0.6) is 0 Å². The molecular formula is C24H28Cl2N2O4. The summed E-state index contributed by atoms with van der Waals surface area (Å²) >= 11 is 12.9. The van der Waals surface area contributed by atoms with Gasteiger partial charge in [-0.1, -0.05) is 34.4 Å². The summed E-state index contributed by atoms with van der Waals surface area (Å²) < 4.78 is 17.8. The number of hydrogen-bond donors (Lipinski definition) is 0. The zero-order chi connectivity index (χ0) is 22.6. The second-order valence-corrected chi connectivity index (χ2v) is 10.9. The van der Waals surface area contributed by atoms with E-state index in [1.165, 1.54) is 0 Å². The molecule has 2 bridgehead atoms. The minimum absolute atomic E-state index is 0.0337. The fraction of sp³-hybridized carbons (Fsp3) is 0.583. The number of fused-ring (bicyclic) bond motifs is 2. The van der Waals surface area contributed by atoms with E-state index in [4.69, 9.17) is 37.2 Å². The maximum absolute atomic E-state index is 12.7. The fourth-order valence-corrected chi connectivity index (χ4v) is 5.49. The summed E-state index contributed by atoms with van der Waals surface area (Å²) in [4.78, 5) is 14.5. The third-order valence-electron chi connectivity index (χ3n) is 6.46. The Kier molecular flexibility index (Phi) is 5.67. The first-order valence-corrected chi connectivity index (χ1v) is 12.0. The van der Waals surface area contributed by atoms with Crippen molar-refractivity contribution in [1.82, 2.24) is 10.1 Å². The third kappa shape index (κ3) is 4.25. The molecule has 0 radical (unpaired) electrons. The number of amides is 1. The van der Waals surface area contributed by atoms with Gasteiger partial charge in [-0.2, -0.15) is 0 Å². The number of carbonyl (C=O) groups is 1. The van der Waals surface area contributed by atoms with E-state index in [9.17, 15) is 4.79 Å². The van der Waals surface area contributed by atoms with Crippen molar-refractivity contribution in [1.29, 1.82) is 0 Å². The number of piperidine rings is 1. The molecule has 3 atom stereocenters. The normalized spacial score (nSPS) is 24.9. The lowest BCUT2D eigenvalue weighted by molar-refractivity contribution is -0.0339. The van der Waals surface area contributed by atoms with Crippen molar-refractivity contribution >= 4 is 29.3 Å². The predicted molar refractivity (Wildman–Crippen MR) is 122 cm³/mol. The average molecular weight is 479 g/mol. The lowest BCUT2D eigenvalue weighted by Gasteiger charge is -2.34. The van der Waals surface area contributed by atoms with Crippen LogP contribution in [0.3, 0.4) is 0 Å². The lowest BCUT2D eigenvalue weighted by Crippen LogP contribution is -2.47. The van der Waals surface area contributed by atoms with E-state index in [2.05, 4.69) is 5.16 Å². The Morgan fingerprint density at radius 1 is 1.22 bits per heavy atom. The van der Waals surface area contributed by atoms with Gasteiger partial charge in [0, 0.05) is 23.6 Å². The van der Waals surface area contributed by atoms with Gasteiger partial charge >= 0.3 is 6.09 Å². The number of ether oxygens (including phenoxy) is 2. The van der Waals surface area contributed by atoms with Crippen molar-refractivity contribution < 1.29 is 18.8 Å². The molecule has 2 saturated carbocycles. The molecule has 1 aliphatic heterocycles. The third-order valence-corrected chi connectivity index (χ3v) is 7.09. The summed E-state index contributed by atoms with van der Waals surface area (Å²) in [6.07, 6.45) is 3.75. The highest BCUT2D eigenvalue weighted by Gasteiger charge is 2.49. The number of aromatic nitrogens is 1. The van der Waals surface area contributed by atoms with Gasteiger partial charge in [0.1, 0.15) is 17.1 Å². The second kappa shape index (κ2) is 8.23. The van der Waals surface area contributed by atoms with E-state index in [0.717, 1.165) is 43.6 Å². The van der Waals surface area contributed by atoms with Crippen LogP contribution in [-0.2, 0) is 16.1 Å². The molecule has 6 nitrogen and oxygen atoms in total. The highest BCUT2D eigenvalue weighted by molar-refractivity contribution is 6.39. The zero-order valence-corrected chi connectivity index (χ0v) is 20.1. The Labute approximate surface area is 198 Å². The van der Waals surface area contributed by atoms with E-state index in [1.54, 1.807) is 12.1 Å². The number of likely N-dealkylation sites (tertiary alicyclic amines) is 1. The standard InChI is InChI=1S/C24H28Cl2N2O4/c1-24(2,3)31-23(29)28-11-13-9-18(28)19(10-13)30-12-15-21(27-32-22(15)14-7-8-14)20-16(25)5-4-6-17(20)26/h4-6,13-14,18-19H,7-12H2,1-3H3. The van der Waals surface area contributed by atoms with Gasteiger partial charge in [0.2, 0.25) is 0 Å². The molecule has 1 aromatic heterocycles. The summed E-state index contributed by atoms with van der Waals surface area (Å²) in [5.74, 6) is 1.68. The number of rotatable bonds is 5. The number of halogens is 2. The van der Waals surface area contributed by atoms with Gasteiger partial charge in [0.25, 0.3) is 0 Å². The molecule has 0 N–H and O–H groups in total. The smallest absolute Gasteiger partial charge is 0.410 e. The van der Waals surface area contributed by atoms with E-state index >= 15 is 0 Å². The van der Waals surface area contributed by atoms with E-state index in [0.29, 0.717) is 39.7 Å². The maximum atomic E-state index is 12.7. The maximum Gasteiger partial charge on any atom is 0.410 e. The molecular weight excluding hydrogens is 451 g/mol. The summed E-state index contributed by atoms with van der Waals surface area (Å²) in [6.45, 7) is 6.75. The van der Waals surface area contributed by atoms with Gasteiger partial charge in [-0.3, -0.25) is 0 Å². The molecule has 1 saturated heterocycles. The van der Waals surface area contributed by atoms with Crippen molar-refractivity contribution in [2.45, 2.75) is 76.7 Å². The highest BCUT2D eigenvalue weighted by Crippen LogP contribution is 2.47. The van der Waals surface area contributed by atoms with Gasteiger partial charge < -0.3 is 18.9 Å². The van der Waals surface area contributed by atoms with Crippen LogP contribution in [0.25, 0.3) is 11.3 Å². The van der Waals surface area contributed by atoms with E-state index in [-0.39, 0.29) is 18.2 Å². The fourth-order valence-electron chi connectivity index (χ4n) is 4.91. The Morgan fingerprint density at radius 3 is 2.56 bits per heavy atom. The van der Waals surface area contributed by atoms with Crippen LogP contribution in [0, 0.1) is 5.92 Å². The molecule has 8 heteroatoms. The molecule has 1 amide bonds. The number of carbonyl (C=O) groups excluding carboxylic acids is 1. The summed E-state index contributed by atoms with van der Waals surface area (Å²) in [5, 5.41) is 5.40. The average Bonchev–Trinajstić information content (AvgIpc) is 3.16. The van der Waals surface area contributed by atoms with Crippen molar-refractivity contribution in [2.24, 2.45) is 5.92 Å². The van der Waals surface area contributed by atoms with Crippen LogP contribution in [0.1, 0.15) is 63.7 Å². The Balaban J connectivity index is 1.35. The molecule has 0 spiro atoms. The van der Waals surface area contributed by atoms with Gasteiger partial charge in [0.15, 0.2) is 0 Å². The van der Waals surface area contributed by atoms with Crippen molar-refractivity contribution in [3.63, 3.8) is 0 Å². The van der Waals surface area contributed by atoms with Gasteiger partial charge in [0.05, 0.1) is 28.8 Å². The molecule has 3 fully saturated rings. The minimum Gasteiger partial charge on any atom is -0.444 e. The molecule has 2 aromatic rings. The molecule has 32 heavy (non-hydrogen) atoms. The molecule has 5 rings (SSSR count). The van der Waals surface area contributed by atoms with E-state index < -0.39 is 5.60 Å². The Hall–Kier alpha value is -1.76. The van der Waals surface area contributed by atoms with Crippen molar-refractivity contribution in [2.75, 3.05) is 6.54 Å². The van der Waals surface area contributed by atoms with Crippen LogP contribution in [0.15, 0.2) is 22.7 Å². The van der Waals surface area contributed by atoms with Crippen molar-refractivity contribution in [3.8, 4) is 11.3 Å². The van der Waals surface area contributed by atoms with Crippen LogP contribution < -0.4 is 0 Å². The van der Waals surface area contributed by atoms with Crippen LogP contribution in [-0.4, -0.2) is 40.4 Å². The lowest BCUT2D eigenvalue weighted by atomic mass is 10.0. The molecule has 172 valence electrons. The molecule has 1 aromatic carbocycles. The first kappa shape index (κ1) is 22.1. The van der Waals surface area contributed by atoms with Gasteiger partial charge in [-0.05, 0) is 64.5 Å². The Morgan fingerprint density at radius 2 is 1.94 bits per heavy atom.